The van der Waals surface area contributed by atoms with Crippen LogP contribution in [-0.4, -0.2) is 46.6 Å². The fourth-order valence-electron chi connectivity index (χ4n) is 0.300. The van der Waals surface area contributed by atoms with Crippen molar-refractivity contribution in [3.63, 3.8) is 0 Å². The van der Waals surface area contributed by atoms with E-state index in [-0.39, 0.29) is 6.61 Å². The number of aliphatic hydroxyl groups is 2. The molecule has 0 aliphatic carbocycles. The Labute approximate surface area is 73.0 Å². The molecule has 0 aromatic rings. The Morgan fingerprint density at radius 1 is 1.42 bits per heavy atom. The smallest absolute Gasteiger partial charge is 0.427 e. The minimum Gasteiger partial charge on any atom is -0.427 e. The van der Waals surface area contributed by atoms with Crippen molar-refractivity contribution in [2.24, 2.45) is 5.73 Å². The summed E-state index contributed by atoms with van der Waals surface area (Å²) in [5.41, 5.74) is 5.05. The summed E-state index contributed by atoms with van der Waals surface area (Å²) in [6.07, 6.45) is 0.503. The van der Waals surface area contributed by atoms with Crippen molar-refractivity contribution in [1.29, 1.82) is 0 Å². The highest BCUT2D eigenvalue weighted by Crippen LogP contribution is 1.86. The zero-order valence-corrected chi connectivity index (χ0v) is 7.35. The van der Waals surface area contributed by atoms with Crippen LogP contribution in [0.1, 0.15) is 13.3 Å². The van der Waals surface area contributed by atoms with Crippen LogP contribution in [0.4, 0.5) is 0 Å². The highest BCUT2D eigenvalue weighted by atomic mass is 16.4. The molecule has 0 fully saturated rings. The molecule has 0 heterocycles. The molecule has 0 aromatic carbocycles. The average Bonchev–Trinajstić information content (AvgIpc) is 2.02. The van der Waals surface area contributed by atoms with Crippen LogP contribution in [0.5, 0.6) is 0 Å². The number of hydrogen-bond acceptors (Lipinski definition) is 5. The van der Waals surface area contributed by atoms with E-state index in [1.165, 1.54) is 6.92 Å². The minimum absolute atomic E-state index is 0.139. The fraction of sp³-hybridized carbons (Fsp3) is 1.00. The molecule has 0 aromatic heterocycles. The second-order valence-electron chi connectivity index (χ2n) is 2.44. The summed E-state index contributed by atoms with van der Waals surface area (Å²) in [5.74, 6) is 0. The fourth-order valence-corrected chi connectivity index (χ4v) is 0.300. The lowest BCUT2D eigenvalue weighted by atomic mass is 9.85. The summed E-state index contributed by atoms with van der Waals surface area (Å²) in [6, 6.07) is 0. The lowest BCUT2D eigenvalue weighted by molar-refractivity contribution is 0.110. The molecule has 12 heavy (non-hydrogen) atoms. The molecule has 1 unspecified atom stereocenters. The SMILES string of the molecule is CC(O)CO.NCCCB(O)O. The van der Waals surface area contributed by atoms with Crippen molar-refractivity contribution in [2.75, 3.05) is 13.2 Å². The first-order chi connectivity index (χ1) is 5.54. The molecule has 0 radical (unpaired) electrons. The van der Waals surface area contributed by atoms with Crippen molar-refractivity contribution >= 4 is 7.12 Å². The van der Waals surface area contributed by atoms with Gasteiger partial charge in [0, 0.05) is 0 Å². The standard InChI is InChI=1S/C3H10BNO2.C3H8O2/c5-3-1-2-4(6)7;1-3(5)2-4/h6-7H,1-3,5H2;3-5H,2H2,1H3. The summed E-state index contributed by atoms with van der Waals surface area (Å²) in [7, 11) is -1.18. The van der Waals surface area contributed by atoms with Gasteiger partial charge < -0.3 is 26.0 Å². The number of aliphatic hydroxyl groups excluding tert-OH is 2. The highest BCUT2D eigenvalue weighted by Gasteiger charge is 2.02. The monoisotopic (exact) mass is 179 g/mol. The largest absolute Gasteiger partial charge is 0.451 e. The Bertz CT molecular complexity index is 81.9. The van der Waals surface area contributed by atoms with E-state index >= 15 is 0 Å². The van der Waals surface area contributed by atoms with Crippen molar-refractivity contribution < 1.29 is 20.3 Å². The van der Waals surface area contributed by atoms with Gasteiger partial charge in [0.2, 0.25) is 0 Å². The molecule has 0 bridgehead atoms. The van der Waals surface area contributed by atoms with Crippen molar-refractivity contribution in [3.05, 3.63) is 0 Å². The van der Waals surface area contributed by atoms with E-state index in [0.717, 1.165) is 0 Å². The van der Waals surface area contributed by atoms with Crippen LogP contribution >= 0.6 is 0 Å². The molecule has 0 aliphatic heterocycles. The average molecular weight is 179 g/mol. The lowest BCUT2D eigenvalue weighted by Gasteiger charge is -1.91. The Hall–Kier alpha value is -0.135. The van der Waals surface area contributed by atoms with Gasteiger partial charge in [0.15, 0.2) is 0 Å². The second kappa shape index (κ2) is 10.9. The van der Waals surface area contributed by atoms with E-state index < -0.39 is 13.2 Å². The molecule has 0 saturated carbocycles. The third-order valence-electron chi connectivity index (χ3n) is 0.931. The minimum atomic E-state index is -1.18. The molecule has 0 spiro atoms. The van der Waals surface area contributed by atoms with E-state index in [2.05, 4.69) is 0 Å². The third-order valence-corrected chi connectivity index (χ3v) is 0.931. The third kappa shape index (κ3) is 22.5. The Morgan fingerprint density at radius 2 is 1.83 bits per heavy atom. The topological polar surface area (TPSA) is 107 Å². The maximum atomic E-state index is 8.18. The number of nitrogens with two attached hydrogens (primary N) is 1. The number of rotatable bonds is 4. The molecular weight excluding hydrogens is 161 g/mol. The van der Waals surface area contributed by atoms with Gasteiger partial charge in [-0.25, -0.2) is 0 Å². The van der Waals surface area contributed by atoms with E-state index in [9.17, 15) is 0 Å². The maximum Gasteiger partial charge on any atom is 0.451 e. The van der Waals surface area contributed by atoms with Gasteiger partial charge in [0.05, 0.1) is 12.7 Å². The van der Waals surface area contributed by atoms with Gasteiger partial charge in [-0.15, -0.1) is 0 Å². The quantitative estimate of drug-likeness (QED) is 0.326. The second-order valence-corrected chi connectivity index (χ2v) is 2.44. The first-order valence-corrected chi connectivity index (χ1v) is 3.89. The zero-order valence-electron chi connectivity index (χ0n) is 7.35. The Balaban J connectivity index is 0. The van der Waals surface area contributed by atoms with Gasteiger partial charge in [-0.3, -0.25) is 0 Å². The van der Waals surface area contributed by atoms with Crippen LogP contribution in [0.15, 0.2) is 0 Å². The normalized spacial score (nSPS) is 11.5. The van der Waals surface area contributed by atoms with Gasteiger partial charge in [0.25, 0.3) is 0 Å². The van der Waals surface area contributed by atoms with E-state index in [1.54, 1.807) is 0 Å². The van der Waals surface area contributed by atoms with E-state index in [0.29, 0.717) is 19.3 Å². The molecule has 6 heteroatoms. The maximum absolute atomic E-state index is 8.18. The summed E-state index contributed by atoms with van der Waals surface area (Å²) in [4.78, 5) is 0. The Kier molecular flexibility index (Phi) is 13.0. The molecule has 5 nitrogen and oxygen atoms in total. The van der Waals surface area contributed by atoms with Crippen LogP contribution in [0, 0.1) is 0 Å². The first kappa shape index (κ1) is 14.4. The van der Waals surface area contributed by atoms with Crippen molar-refractivity contribution in [3.8, 4) is 0 Å². The molecule has 0 saturated heterocycles. The zero-order chi connectivity index (χ0) is 9.98. The van der Waals surface area contributed by atoms with Gasteiger partial charge in [-0.1, -0.05) is 0 Å². The predicted octanol–water partition coefficient (Wildman–Crippen LogP) is -1.83. The molecule has 0 amide bonds. The van der Waals surface area contributed by atoms with Crippen molar-refractivity contribution in [2.45, 2.75) is 25.8 Å². The predicted molar refractivity (Wildman–Crippen MR) is 47.4 cm³/mol. The van der Waals surface area contributed by atoms with E-state index in [4.69, 9.17) is 26.0 Å². The van der Waals surface area contributed by atoms with Crippen LogP contribution in [-0.2, 0) is 0 Å². The van der Waals surface area contributed by atoms with Gasteiger partial charge in [-0.2, -0.15) is 0 Å². The highest BCUT2D eigenvalue weighted by molar-refractivity contribution is 6.40. The van der Waals surface area contributed by atoms with Gasteiger partial charge in [0.1, 0.15) is 0 Å². The van der Waals surface area contributed by atoms with Crippen LogP contribution < -0.4 is 5.73 Å². The molecular formula is C6H18BNO4. The summed E-state index contributed by atoms with van der Waals surface area (Å²) in [6.45, 7) is 1.91. The molecule has 0 rings (SSSR count). The lowest BCUT2D eigenvalue weighted by Crippen LogP contribution is -2.12. The molecule has 0 aliphatic rings. The van der Waals surface area contributed by atoms with Crippen LogP contribution in [0.3, 0.4) is 0 Å². The Morgan fingerprint density at radius 3 is 1.92 bits per heavy atom. The first-order valence-electron chi connectivity index (χ1n) is 3.89. The van der Waals surface area contributed by atoms with Gasteiger partial charge >= 0.3 is 7.12 Å². The van der Waals surface area contributed by atoms with Gasteiger partial charge in [-0.05, 0) is 26.2 Å². The summed E-state index contributed by atoms with van der Waals surface area (Å²) < 4.78 is 0. The molecule has 1 atom stereocenters. The van der Waals surface area contributed by atoms with Crippen LogP contribution in [0.25, 0.3) is 0 Å². The van der Waals surface area contributed by atoms with Crippen molar-refractivity contribution in [1.82, 2.24) is 0 Å². The van der Waals surface area contributed by atoms with Crippen LogP contribution in [0.2, 0.25) is 6.32 Å². The molecule has 74 valence electrons. The summed E-state index contributed by atoms with van der Waals surface area (Å²) in [5, 5.41) is 32.4. The van der Waals surface area contributed by atoms with E-state index in [1.807, 2.05) is 0 Å². The molecule has 6 N–H and O–H groups in total. The summed E-state index contributed by atoms with van der Waals surface area (Å²) >= 11 is 0. The number of hydrogen-bond donors (Lipinski definition) is 5.